The minimum absolute atomic E-state index is 0.0847. The van der Waals surface area contributed by atoms with Gasteiger partial charge in [-0.2, -0.15) is 10.1 Å². The number of hydrogen-bond donors (Lipinski definition) is 3. The fraction of sp³-hybridized carbons (Fsp3) is 0.412. The molecule has 1 atom stereocenters. The molecule has 0 saturated heterocycles. The van der Waals surface area contributed by atoms with Crippen LogP contribution in [0.25, 0.3) is 11.2 Å². The minimum Gasteiger partial charge on any atom is -0.494 e. The average molecular weight is 434 g/mol. The number of aryl methyl sites for hydroxylation is 2. The number of hydrazone groups is 1. The van der Waals surface area contributed by atoms with E-state index in [-0.39, 0.29) is 39.4 Å². The summed E-state index contributed by atoms with van der Waals surface area (Å²) < 4.78 is 5.23. The average Bonchev–Trinajstić information content (AvgIpc) is 3.03. The first-order valence-corrected chi connectivity index (χ1v) is 9.50. The van der Waals surface area contributed by atoms with E-state index in [0.717, 1.165) is 10.8 Å². The molecule has 1 unspecified atom stereocenters. The van der Waals surface area contributed by atoms with Crippen molar-refractivity contribution in [1.29, 1.82) is 0 Å². The summed E-state index contributed by atoms with van der Waals surface area (Å²) in [6.45, 7) is 3.78. The van der Waals surface area contributed by atoms with Gasteiger partial charge in [0.05, 0.1) is 6.21 Å². The van der Waals surface area contributed by atoms with Gasteiger partial charge in [-0.3, -0.25) is 28.3 Å². The Kier molecular flexibility index (Phi) is 5.48. The van der Waals surface area contributed by atoms with Crippen LogP contribution in [0.4, 0.5) is 5.95 Å². The molecule has 160 valence electrons. The summed E-state index contributed by atoms with van der Waals surface area (Å²) >= 11 is 5.13. The third-order valence-electron chi connectivity index (χ3n) is 5.02. The van der Waals surface area contributed by atoms with Crippen LogP contribution in [0.15, 0.2) is 19.5 Å². The topological polar surface area (TPSA) is 144 Å². The van der Waals surface area contributed by atoms with E-state index in [9.17, 15) is 19.5 Å². The highest BCUT2D eigenvalue weighted by molar-refractivity contribution is 7.71. The molecule has 0 aliphatic heterocycles. The molecule has 12 nitrogen and oxygen atoms in total. The number of hydrogen-bond acceptors (Lipinski definition) is 8. The van der Waals surface area contributed by atoms with Crippen molar-refractivity contribution >= 4 is 35.5 Å². The summed E-state index contributed by atoms with van der Waals surface area (Å²) in [5, 5.41) is 14.5. The Morgan fingerprint density at radius 2 is 1.90 bits per heavy atom. The smallest absolute Gasteiger partial charge is 0.332 e. The zero-order valence-electron chi connectivity index (χ0n) is 17.1. The minimum atomic E-state index is -0.594. The van der Waals surface area contributed by atoms with Crippen LogP contribution < -0.4 is 22.2 Å². The Labute approximate surface area is 174 Å². The van der Waals surface area contributed by atoms with Gasteiger partial charge in [0, 0.05) is 27.2 Å². The Morgan fingerprint density at radius 3 is 2.53 bits per heavy atom. The second-order valence-electron chi connectivity index (χ2n) is 6.87. The lowest BCUT2D eigenvalue weighted by Crippen LogP contribution is -2.37. The molecule has 0 bridgehead atoms. The number of nitrogens with zero attached hydrogens (tertiary/aromatic N) is 6. The van der Waals surface area contributed by atoms with Crippen LogP contribution in [0.5, 0.6) is 5.88 Å². The lowest BCUT2D eigenvalue weighted by molar-refractivity contribution is 0.371. The molecule has 0 spiro atoms. The van der Waals surface area contributed by atoms with Gasteiger partial charge in [-0.1, -0.05) is 6.92 Å². The maximum absolute atomic E-state index is 12.4. The molecule has 3 rings (SSSR count). The molecule has 3 aromatic rings. The molecular weight excluding hydrogens is 412 g/mol. The Balaban J connectivity index is 2.05. The third kappa shape index (κ3) is 3.26. The first-order valence-electron chi connectivity index (χ1n) is 9.09. The van der Waals surface area contributed by atoms with Gasteiger partial charge in [-0.25, -0.2) is 10.2 Å². The molecule has 0 radical (unpaired) electrons. The van der Waals surface area contributed by atoms with Gasteiger partial charge in [-0.15, -0.1) is 0 Å². The summed E-state index contributed by atoms with van der Waals surface area (Å²) in [5.41, 5.74) is 1.36. The Hall–Kier alpha value is -3.48. The van der Waals surface area contributed by atoms with E-state index in [0.29, 0.717) is 6.42 Å². The summed E-state index contributed by atoms with van der Waals surface area (Å²) in [6.07, 6.45) is 1.83. The second kappa shape index (κ2) is 7.74. The van der Waals surface area contributed by atoms with Crippen LogP contribution in [0.1, 0.15) is 31.9 Å². The van der Waals surface area contributed by atoms with Crippen molar-refractivity contribution in [2.75, 3.05) is 5.43 Å². The number of fused-ring (bicyclic) bond motifs is 1. The van der Waals surface area contributed by atoms with Gasteiger partial charge in [0.2, 0.25) is 11.8 Å². The van der Waals surface area contributed by atoms with Gasteiger partial charge < -0.3 is 9.67 Å². The third-order valence-corrected chi connectivity index (χ3v) is 5.32. The number of aromatic nitrogens is 6. The lowest BCUT2D eigenvalue weighted by Gasteiger charge is -2.16. The molecule has 13 heteroatoms. The zero-order valence-corrected chi connectivity index (χ0v) is 17.9. The highest BCUT2D eigenvalue weighted by atomic mass is 32.1. The normalized spacial score (nSPS) is 12.7. The van der Waals surface area contributed by atoms with Gasteiger partial charge in [0.25, 0.3) is 11.1 Å². The highest BCUT2D eigenvalue weighted by Crippen LogP contribution is 2.20. The summed E-state index contributed by atoms with van der Waals surface area (Å²) in [6, 6.07) is -0.133. The molecule has 0 aliphatic rings. The summed E-state index contributed by atoms with van der Waals surface area (Å²) in [4.78, 5) is 43.5. The van der Waals surface area contributed by atoms with E-state index < -0.39 is 16.8 Å². The van der Waals surface area contributed by atoms with E-state index >= 15 is 0 Å². The fourth-order valence-corrected chi connectivity index (χ4v) is 3.39. The first kappa shape index (κ1) is 21.2. The maximum Gasteiger partial charge on any atom is 0.332 e. The molecule has 3 heterocycles. The van der Waals surface area contributed by atoms with E-state index in [1.165, 1.54) is 27.8 Å². The van der Waals surface area contributed by atoms with Crippen LogP contribution in [-0.4, -0.2) is 39.6 Å². The van der Waals surface area contributed by atoms with Crippen molar-refractivity contribution in [3.63, 3.8) is 0 Å². The van der Waals surface area contributed by atoms with Crippen LogP contribution in [0.3, 0.4) is 0 Å². The number of anilines is 1. The van der Waals surface area contributed by atoms with Crippen LogP contribution in [-0.2, 0) is 21.1 Å². The number of nitrogens with one attached hydrogen (secondary N) is 2. The van der Waals surface area contributed by atoms with Crippen LogP contribution in [0.2, 0.25) is 0 Å². The molecule has 0 saturated carbocycles. The van der Waals surface area contributed by atoms with E-state index in [1.54, 1.807) is 7.05 Å². The van der Waals surface area contributed by atoms with Gasteiger partial charge in [0.1, 0.15) is 5.56 Å². The summed E-state index contributed by atoms with van der Waals surface area (Å²) in [7, 11) is 4.48. The second-order valence-corrected chi connectivity index (χ2v) is 7.25. The van der Waals surface area contributed by atoms with E-state index in [1.807, 2.05) is 13.8 Å². The summed E-state index contributed by atoms with van der Waals surface area (Å²) in [5.74, 6) is -0.130. The van der Waals surface area contributed by atoms with Crippen LogP contribution >= 0.6 is 12.2 Å². The molecule has 0 aromatic carbocycles. The first-order chi connectivity index (χ1) is 14.1. The molecule has 0 fully saturated rings. The van der Waals surface area contributed by atoms with Gasteiger partial charge in [-0.05, 0) is 25.6 Å². The number of aromatic hydroxyl groups is 1. The predicted octanol–water partition coefficient (Wildman–Crippen LogP) is 0.313. The van der Waals surface area contributed by atoms with Crippen molar-refractivity contribution in [1.82, 2.24) is 28.2 Å². The van der Waals surface area contributed by atoms with E-state index in [2.05, 4.69) is 20.5 Å². The molecule has 0 amide bonds. The standard InChI is InChI=1S/C17H22N8O4S/c1-6-8(2)25-13(27)9(12(26)20-16(25)30)7-18-21-15-19-11-10(22(15)3)14(28)24(5)17(29)23(11)4/h7-8,27H,6H2,1-5H3,(H,19,21)(H,20,26,30)/b18-7+. The largest absolute Gasteiger partial charge is 0.494 e. The SMILES string of the molecule is CCC(C)n1c(O)c(/C=N/Nc2nc3c(c(=O)n(C)c(=O)n3C)n2C)c(=O)[nH]c1=S. The number of H-pyrrole nitrogens is 1. The molecule has 0 aliphatic carbocycles. The molecule has 3 N–H and O–H groups in total. The maximum atomic E-state index is 12.4. The van der Waals surface area contributed by atoms with E-state index in [4.69, 9.17) is 12.2 Å². The quantitative estimate of drug-likeness (QED) is 0.298. The van der Waals surface area contributed by atoms with Crippen molar-refractivity contribution < 1.29 is 5.11 Å². The van der Waals surface area contributed by atoms with Crippen molar-refractivity contribution in [2.24, 2.45) is 26.2 Å². The lowest BCUT2D eigenvalue weighted by atomic mass is 10.2. The van der Waals surface area contributed by atoms with Crippen LogP contribution in [0, 0.1) is 4.77 Å². The molecular formula is C17H22N8O4S. The van der Waals surface area contributed by atoms with Gasteiger partial charge >= 0.3 is 5.69 Å². The fourth-order valence-electron chi connectivity index (χ4n) is 3.03. The monoisotopic (exact) mass is 434 g/mol. The number of aromatic amines is 1. The number of imidazole rings is 1. The van der Waals surface area contributed by atoms with Crippen molar-refractivity contribution in [3.8, 4) is 5.88 Å². The zero-order chi connectivity index (χ0) is 22.3. The predicted molar refractivity (Wildman–Crippen MR) is 115 cm³/mol. The Morgan fingerprint density at radius 1 is 1.23 bits per heavy atom. The van der Waals surface area contributed by atoms with Crippen molar-refractivity contribution in [2.45, 2.75) is 26.3 Å². The number of rotatable bonds is 5. The van der Waals surface area contributed by atoms with Crippen molar-refractivity contribution in [3.05, 3.63) is 41.5 Å². The molecule has 30 heavy (non-hydrogen) atoms. The highest BCUT2D eigenvalue weighted by Gasteiger charge is 2.17. The molecule has 3 aromatic heterocycles. The Bertz CT molecular complexity index is 1400. The van der Waals surface area contributed by atoms with Gasteiger partial charge in [0.15, 0.2) is 15.9 Å².